The van der Waals surface area contributed by atoms with Crippen molar-refractivity contribution in [3.8, 4) is 11.3 Å². The fourth-order valence-corrected chi connectivity index (χ4v) is 1.93. The highest BCUT2D eigenvalue weighted by Crippen LogP contribution is 2.28. The second-order valence-corrected chi connectivity index (χ2v) is 4.14. The first-order valence-corrected chi connectivity index (χ1v) is 5.96. The van der Waals surface area contributed by atoms with Crippen molar-refractivity contribution in [1.29, 1.82) is 0 Å². The average Bonchev–Trinajstić information content (AvgIpc) is 2.36. The summed E-state index contributed by atoms with van der Waals surface area (Å²) in [4.78, 5) is 8.47. The number of rotatable bonds is 3. The molecule has 0 aliphatic carbocycles. The number of nitrogens with one attached hydrogen (secondary N) is 1. The summed E-state index contributed by atoms with van der Waals surface area (Å²) in [6.45, 7) is 6.50. The van der Waals surface area contributed by atoms with Gasteiger partial charge in [0.2, 0.25) is 0 Å². The van der Waals surface area contributed by atoms with Gasteiger partial charge in [-0.25, -0.2) is 14.4 Å². The SMILES string of the molecule is CCNc1ncnc(-c2cccc(F)c2C)c1C. The number of nitrogens with zero attached hydrogens (tertiary/aromatic N) is 2. The molecule has 0 aliphatic rings. The Balaban J connectivity index is 2.57. The van der Waals surface area contributed by atoms with E-state index in [0.717, 1.165) is 29.2 Å². The molecule has 4 heteroatoms. The predicted octanol–water partition coefficient (Wildman–Crippen LogP) is 3.33. The van der Waals surface area contributed by atoms with Gasteiger partial charge in [-0.1, -0.05) is 12.1 Å². The molecule has 0 saturated heterocycles. The summed E-state index contributed by atoms with van der Waals surface area (Å²) in [5, 5.41) is 3.18. The van der Waals surface area contributed by atoms with E-state index in [1.54, 1.807) is 13.0 Å². The number of hydrogen-bond acceptors (Lipinski definition) is 3. The maximum atomic E-state index is 13.6. The summed E-state index contributed by atoms with van der Waals surface area (Å²) >= 11 is 0. The van der Waals surface area contributed by atoms with E-state index in [4.69, 9.17) is 0 Å². The van der Waals surface area contributed by atoms with Crippen LogP contribution in [0.2, 0.25) is 0 Å². The minimum Gasteiger partial charge on any atom is -0.370 e. The molecule has 0 aliphatic heterocycles. The Bertz CT molecular complexity index is 567. The molecule has 18 heavy (non-hydrogen) atoms. The molecular formula is C14H16FN3. The van der Waals surface area contributed by atoms with Crippen LogP contribution in [-0.2, 0) is 0 Å². The topological polar surface area (TPSA) is 37.8 Å². The Morgan fingerprint density at radius 1 is 1.17 bits per heavy atom. The summed E-state index contributed by atoms with van der Waals surface area (Å²) in [6.07, 6.45) is 1.50. The molecule has 3 nitrogen and oxygen atoms in total. The molecule has 0 spiro atoms. The second kappa shape index (κ2) is 5.12. The third kappa shape index (κ3) is 2.18. The molecular weight excluding hydrogens is 229 g/mol. The fraction of sp³-hybridized carbons (Fsp3) is 0.286. The van der Waals surface area contributed by atoms with E-state index in [9.17, 15) is 4.39 Å². The standard InChI is InChI=1S/C14H16FN3/c1-4-16-14-10(3)13(17-8-18-14)11-6-5-7-12(15)9(11)2/h5-8H,4H2,1-3H3,(H,16,17,18). The summed E-state index contributed by atoms with van der Waals surface area (Å²) in [5.74, 6) is 0.585. The van der Waals surface area contributed by atoms with Crippen LogP contribution in [0.3, 0.4) is 0 Å². The molecule has 2 rings (SSSR count). The first-order chi connectivity index (χ1) is 8.65. The van der Waals surface area contributed by atoms with Crippen molar-refractivity contribution < 1.29 is 4.39 Å². The second-order valence-electron chi connectivity index (χ2n) is 4.14. The minimum absolute atomic E-state index is 0.212. The molecule has 0 atom stereocenters. The van der Waals surface area contributed by atoms with Gasteiger partial charge < -0.3 is 5.32 Å². The Kier molecular flexibility index (Phi) is 3.55. The van der Waals surface area contributed by atoms with Crippen LogP contribution in [0, 0.1) is 19.7 Å². The van der Waals surface area contributed by atoms with Crippen molar-refractivity contribution in [2.45, 2.75) is 20.8 Å². The third-order valence-corrected chi connectivity index (χ3v) is 2.95. The zero-order valence-corrected chi connectivity index (χ0v) is 10.8. The van der Waals surface area contributed by atoms with E-state index in [2.05, 4.69) is 15.3 Å². The summed E-state index contributed by atoms with van der Waals surface area (Å²) < 4.78 is 13.6. The Hall–Kier alpha value is -1.97. The molecule has 1 aromatic carbocycles. The normalized spacial score (nSPS) is 10.4. The maximum Gasteiger partial charge on any atom is 0.132 e. The van der Waals surface area contributed by atoms with E-state index >= 15 is 0 Å². The lowest BCUT2D eigenvalue weighted by molar-refractivity contribution is 0.619. The Morgan fingerprint density at radius 3 is 2.67 bits per heavy atom. The van der Waals surface area contributed by atoms with Gasteiger partial charge in [0.1, 0.15) is 18.0 Å². The van der Waals surface area contributed by atoms with E-state index in [-0.39, 0.29) is 5.82 Å². The lowest BCUT2D eigenvalue weighted by Crippen LogP contribution is -2.04. The number of halogens is 1. The summed E-state index contributed by atoms with van der Waals surface area (Å²) in [5.41, 5.74) is 3.14. The number of aromatic nitrogens is 2. The molecule has 1 N–H and O–H groups in total. The van der Waals surface area contributed by atoms with Crippen molar-refractivity contribution in [2.75, 3.05) is 11.9 Å². The molecule has 1 aromatic heterocycles. The van der Waals surface area contributed by atoms with Crippen LogP contribution in [0.4, 0.5) is 10.2 Å². The molecule has 0 unspecified atom stereocenters. The van der Waals surface area contributed by atoms with Crippen molar-refractivity contribution in [3.05, 3.63) is 41.5 Å². The van der Waals surface area contributed by atoms with E-state index in [1.165, 1.54) is 12.4 Å². The molecule has 0 fully saturated rings. The molecule has 0 saturated carbocycles. The largest absolute Gasteiger partial charge is 0.370 e. The lowest BCUT2D eigenvalue weighted by atomic mass is 10.0. The predicted molar refractivity (Wildman–Crippen MR) is 71.1 cm³/mol. The average molecular weight is 245 g/mol. The third-order valence-electron chi connectivity index (χ3n) is 2.95. The van der Waals surface area contributed by atoms with Gasteiger partial charge in [0.25, 0.3) is 0 Å². The van der Waals surface area contributed by atoms with Gasteiger partial charge >= 0.3 is 0 Å². The van der Waals surface area contributed by atoms with Gasteiger partial charge in [-0.05, 0) is 32.4 Å². The first-order valence-electron chi connectivity index (χ1n) is 5.96. The highest BCUT2D eigenvalue weighted by Gasteiger charge is 2.12. The molecule has 94 valence electrons. The summed E-state index contributed by atoms with van der Waals surface area (Å²) in [7, 11) is 0. The smallest absolute Gasteiger partial charge is 0.132 e. The minimum atomic E-state index is -0.212. The molecule has 0 radical (unpaired) electrons. The van der Waals surface area contributed by atoms with Crippen molar-refractivity contribution in [3.63, 3.8) is 0 Å². The van der Waals surface area contributed by atoms with Gasteiger partial charge in [0.05, 0.1) is 5.69 Å². The van der Waals surface area contributed by atoms with Crippen molar-refractivity contribution in [2.24, 2.45) is 0 Å². The number of benzene rings is 1. The molecule has 0 amide bonds. The van der Waals surface area contributed by atoms with Gasteiger partial charge in [-0.3, -0.25) is 0 Å². The quantitative estimate of drug-likeness (QED) is 0.901. The zero-order valence-electron chi connectivity index (χ0n) is 10.8. The van der Waals surface area contributed by atoms with E-state index in [1.807, 2.05) is 19.9 Å². The molecule has 0 bridgehead atoms. The van der Waals surface area contributed by atoms with Crippen molar-refractivity contribution in [1.82, 2.24) is 9.97 Å². The lowest BCUT2D eigenvalue weighted by Gasteiger charge is -2.12. The van der Waals surface area contributed by atoms with Crippen LogP contribution < -0.4 is 5.32 Å². The Labute approximate surface area is 106 Å². The van der Waals surface area contributed by atoms with Gasteiger partial charge in [-0.15, -0.1) is 0 Å². The molecule has 1 heterocycles. The fourth-order valence-electron chi connectivity index (χ4n) is 1.93. The summed E-state index contributed by atoms with van der Waals surface area (Å²) in [6, 6.07) is 5.04. The van der Waals surface area contributed by atoms with Crippen LogP contribution in [0.1, 0.15) is 18.1 Å². The van der Waals surface area contributed by atoms with Crippen LogP contribution >= 0.6 is 0 Å². The van der Waals surface area contributed by atoms with Gasteiger partial charge in [0.15, 0.2) is 0 Å². The number of anilines is 1. The highest BCUT2D eigenvalue weighted by atomic mass is 19.1. The maximum absolute atomic E-state index is 13.6. The van der Waals surface area contributed by atoms with Crippen LogP contribution in [0.15, 0.2) is 24.5 Å². The first kappa shape index (κ1) is 12.5. The van der Waals surface area contributed by atoms with E-state index < -0.39 is 0 Å². The monoisotopic (exact) mass is 245 g/mol. The van der Waals surface area contributed by atoms with Crippen molar-refractivity contribution >= 4 is 5.82 Å². The van der Waals surface area contributed by atoms with E-state index in [0.29, 0.717) is 5.56 Å². The van der Waals surface area contributed by atoms with Gasteiger partial charge in [0, 0.05) is 17.7 Å². The van der Waals surface area contributed by atoms with Crippen LogP contribution in [0.25, 0.3) is 11.3 Å². The Morgan fingerprint density at radius 2 is 1.94 bits per heavy atom. The highest BCUT2D eigenvalue weighted by molar-refractivity contribution is 5.70. The zero-order chi connectivity index (χ0) is 13.1. The number of hydrogen-bond donors (Lipinski definition) is 1. The van der Waals surface area contributed by atoms with Crippen LogP contribution in [-0.4, -0.2) is 16.5 Å². The van der Waals surface area contributed by atoms with Gasteiger partial charge in [-0.2, -0.15) is 0 Å². The molecule has 2 aromatic rings. The van der Waals surface area contributed by atoms with Crippen LogP contribution in [0.5, 0.6) is 0 Å².